The van der Waals surface area contributed by atoms with Gasteiger partial charge in [0.25, 0.3) is 10.0 Å². The molecule has 0 saturated carbocycles. The number of nitrogens with zero attached hydrogens (tertiary/aromatic N) is 1. The molecule has 0 aliphatic rings. The molecule has 4 aromatic rings. The second-order valence-corrected chi connectivity index (χ2v) is 12.2. The maximum Gasteiger partial charge on any atom is 0.360 e. The zero-order valence-electron chi connectivity index (χ0n) is 15.8. The number of aromatic nitrogens is 1. The van der Waals surface area contributed by atoms with Crippen LogP contribution < -0.4 is 25.9 Å². The number of aryl methyl sites for hydroxylation is 1. The normalized spacial score (nSPS) is 11.7. The van der Waals surface area contributed by atoms with Crippen LogP contribution in [0.2, 0.25) is 0 Å². The molecule has 0 aliphatic heterocycles. The number of halogens is 2. The summed E-state index contributed by atoms with van der Waals surface area (Å²) in [6, 6.07) is 20.6. The van der Waals surface area contributed by atoms with Crippen LogP contribution in [0.15, 0.2) is 82.3 Å². The molecule has 0 amide bonds. The molecule has 1 heterocycles. The molecular weight excluding hydrogens is 565 g/mol. The highest BCUT2D eigenvalue weighted by Gasteiger charge is 2.28. The summed E-state index contributed by atoms with van der Waals surface area (Å²) in [5.41, 5.74) is 1.72. The molecule has 3 aromatic carbocycles. The van der Waals surface area contributed by atoms with E-state index in [9.17, 15) is 8.42 Å². The van der Waals surface area contributed by atoms with Crippen LogP contribution in [-0.2, 0) is 10.0 Å². The van der Waals surface area contributed by atoms with Crippen molar-refractivity contribution in [3.63, 3.8) is 0 Å². The number of rotatable bonds is 5. The van der Waals surface area contributed by atoms with Crippen molar-refractivity contribution in [2.75, 3.05) is 7.11 Å². The summed E-state index contributed by atoms with van der Waals surface area (Å²) in [6.07, 6.45) is 1.78. The molecule has 0 N–H and O–H groups in total. The maximum atomic E-state index is 13.3. The third kappa shape index (κ3) is 4.08. The van der Waals surface area contributed by atoms with E-state index in [1.165, 1.54) is 7.54 Å². The van der Waals surface area contributed by atoms with E-state index in [4.69, 9.17) is 4.74 Å². The summed E-state index contributed by atoms with van der Waals surface area (Å²) in [7, 11) is -2.03. The Labute approximate surface area is 189 Å². The molecule has 0 atom stereocenters. The van der Waals surface area contributed by atoms with Crippen LogP contribution in [0.25, 0.3) is 10.9 Å². The fourth-order valence-corrected chi connectivity index (χ4v) is 7.43. The Hall–Kier alpha value is -1.84. The Morgan fingerprint density at radius 1 is 0.966 bits per heavy atom. The lowest BCUT2D eigenvalue weighted by atomic mass is 10.2. The van der Waals surface area contributed by atoms with Crippen molar-refractivity contribution < 1.29 is 34.4 Å². The van der Waals surface area contributed by atoms with Crippen LogP contribution in [0.5, 0.6) is 5.75 Å². The summed E-state index contributed by atoms with van der Waals surface area (Å²) < 4.78 is 36.5. The highest BCUT2D eigenvalue weighted by atomic mass is 127. The Balaban J connectivity index is 1.84. The summed E-state index contributed by atoms with van der Waals surface area (Å²) in [5.74, 6) is 0.810. The first-order valence-electron chi connectivity index (χ1n) is 8.80. The van der Waals surface area contributed by atoms with E-state index in [2.05, 4.69) is 15.9 Å². The quantitative estimate of drug-likeness (QED) is 0.339. The highest BCUT2D eigenvalue weighted by molar-refractivity contribution is 9.10. The van der Waals surface area contributed by atoms with E-state index in [1.807, 2.05) is 61.5 Å². The predicted octanol–water partition coefficient (Wildman–Crippen LogP) is 2.09. The predicted molar refractivity (Wildman–Crippen MR) is 114 cm³/mol. The van der Waals surface area contributed by atoms with Crippen LogP contribution in [0, 0.1) is 14.1 Å². The minimum Gasteiger partial charge on any atom is -0.497 e. The molecule has 4 rings (SSSR count). The number of hydrogen-bond acceptors (Lipinski definition) is 3. The Kier molecular flexibility index (Phi) is 5.72. The molecule has 0 fully saturated rings. The lowest BCUT2D eigenvalue weighted by molar-refractivity contribution is -0.595. The lowest BCUT2D eigenvalue weighted by Crippen LogP contribution is -3.61. The van der Waals surface area contributed by atoms with E-state index >= 15 is 0 Å². The van der Waals surface area contributed by atoms with Crippen LogP contribution >= 0.6 is 15.9 Å². The van der Waals surface area contributed by atoms with Gasteiger partial charge in [-0.1, -0.05) is 33.6 Å². The Morgan fingerprint density at radius 2 is 1.66 bits per heavy atom. The molecule has 0 unspecified atom stereocenters. The summed E-state index contributed by atoms with van der Waals surface area (Å²) in [5, 5.41) is 0.957. The lowest BCUT2D eigenvalue weighted by Gasteiger charge is -2.07. The van der Waals surface area contributed by atoms with Gasteiger partial charge in [-0.15, -0.1) is 0 Å². The van der Waals surface area contributed by atoms with Gasteiger partial charge in [-0.2, -0.15) is 0 Å². The van der Waals surface area contributed by atoms with Gasteiger partial charge in [0.1, 0.15) is 5.75 Å². The standard InChI is InChI=1S/C22H18BrINO3S/c1-15-3-10-19(11-4-15)29(26,27)25-14-21(20-13-16(23)5-12-22(20)25)24-17-6-8-18(28-2)9-7-17/h3-14H,1-2H3/q+1. The van der Waals surface area contributed by atoms with Crippen molar-refractivity contribution in [1.29, 1.82) is 0 Å². The van der Waals surface area contributed by atoms with Crippen LogP contribution in [0.1, 0.15) is 5.56 Å². The van der Waals surface area contributed by atoms with Crippen molar-refractivity contribution in [1.82, 2.24) is 3.97 Å². The molecule has 0 aliphatic carbocycles. The van der Waals surface area contributed by atoms with Gasteiger partial charge in [0, 0.05) is 4.47 Å². The van der Waals surface area contributed by atoms with Gasteiger partial charge in [-0.05, 0) is 61.5 Å². The van der Waals surface area contributed by atoms with Gasteiger partial charge in [0.05, 0.1) is 29.1 Å². The zero-order chi connectivity index (χ0) is 20.6. The molecule has 4 nitrogen and oxygen atoms in total. The summed E-state index contributed by atoms with van der Waals surface area (Å²) >= 11 is 2.95. The van der Waals surface area contributed by atoms with Gasteiger partial charge in [0.2, 0.25) is 3.57 Å². The van der Waals surface area contributed by atoms with Gasteiger partial charge < -0.3 is 4.74 Å². The molecular formula is C22H18BrINO3S+. The monoisotopic (exact) mass is 582 g/mol. The third-order valence-electron chi connectivity index (χ3n) is 4.52. The van der Waals surface area contributed by atoms with Crippen LogP contribution in [0.4, 0.5) is 0 Å². The third-order valence-corrected chi connectivity index (χ3v) is 9.49. The first-order valence-corrected chi connectivity index (χ1v) is 13.2. The van der Waals surface area contributed by atoms with Gasteiger partial charge >= 0.3 is 21.2 Å². The van der Waals surface area contributed by atoms with E-state index < -0.39 is 31.2 Å². The maximum absolute atomic E-state index is 13.3. The molecule has 0 radical (unpaired) electrons. The molecule has 148 valence electrons. The van der Waals surface area contributed by atoms with Gasteiger partial charge in [0.15, 0.2) is 3.57 Å². The van der Waals surface area contributed by atoms with Crippen molar-refractivity contribution in [2.24, 2.45) is 0 Å². The van der Waals surface area contributed by atoms with E-state index in [1.54, 1.807) is 25.4 Å². The first-order chi connectivity index (χ1) is 13.9. The largest absolute Gasteiger partial charge is 0.497 e. The highest BCUT2D eigenvalue weighted by Crippen LogP contribution is 2.25. The smallest absolute Gasteiger partial charge is 0.360 e. The number of ether oxygens (including phenoxy) is 1. The molecule has 0 saturated heterocycles. The second kappa shape index (κ2) is 8.12. The fourth-order valence-electron chi connectivity index (χ4n) is 2.98. The average molecular weight is 583 g/mol. The minimum absolute atomic E-state index is 0.289. The number of benzene rings is 3. The molecule has 29 heavy (non-hydrogen) atoms. The number of methoxy groups -OCH3 is 1. The number of hydrogen-bond donors (Lipinski definition) is 0. The van der Waals surface area contributed by atoms with E-state index in [0.717, 1.165) is 24.7 Å². The van der Waals surface area contributed by atoms with Crippen molar-refractivity contribution in [3.8, 4) is 5.75 Å². The average Bonchev–Trinajstić information content (AvgIpc) is 3.07. The topological polar surface area (TPSA) is 48.3 Å². The Bertz CT molecular complexity index is 1280. The van der Waals surface area contributed by atoms with Crippen LogP contribution in [-0.4, -0.2) is 19.5 Å². The first kappa shape index (κ1) is 20.4. The SMILES string of the molecule is COc1ccc([I+]c2cn(S(=O)(=O)c3ccc(C)cc3)c3ccc(Br)cc23)cc1. The fraction of sp³-hybridized carbons (Fsp3) is 0.0909. The zero-order valence-corrected chi connectivity index (χ0v) is 20.3. The van der Waals surface area contributed by atoms with Crippen LogP contribution in [0.3, 0.4) is 0 Å². The van der Waals surface area contributed by atoms with Crippen molar-refractivity contribution >= 4 is 36.9 Å². The van der Waals surface area contributed by atoms with E-state index in [-0.39, 0.29) is 4.90 Å². The molecule has 1 aromatic heterocycles. The second-order valence-electron chi connectivity index (χ2n) is 6.50. The minimum atomic E-state index is -3.68. The molecule has 0 bridgehead atoms. The molecule has 7 heteroatoms. The van der Waals surface area contributed by atoms with E-state index in [0.29, 0.717) is 5.52 Å². The molecule has 0 spiro atoms. The van der Waals surface area contributed by atoms with Crippen molar-refractivity contribution in [3.05, 3.63) is 90.1 Å². The summed E-state index contributed by atoms with van der Waals surface area (Å²) in [4.78, 5) is 0.289. The summed E-state index contributed by atoms with van der Waals surface area (Å²) in [6.45, 7) is 1.94. The van der Waals surface area contributed by atoms with Gasteiger partial charge in [-0.3, -0.25) is 0 Å². The Morgan fingerprint density at radius 3 is 2.31 bits per heavy atom. The van der Waals surface area contributed by atoms with Crippen molar-refractivity contribution in [2.45, 2.75) is 11.8 Å². The van der Waals surface area contributed by atoms with Gasteiger partial charge in [-0.25, -0.2) is 12.4 Å². The number of fused-ring (bicyclic) bond motifs is 1.